The molecular weight excluding hydrogens is 203 g/mol. The fraction of sp³-hybridized carbons (Fsp3) is 0.385. The zero-order valence-electron chi connectivity index (χ0n) is 9.76. The molecule has 0 aliphatic carbocycles. The zero-order chi connectivity index (χ0) is 11.5. The van der Waals surface area contributed by atoms with Crippen LogP contribution >= 0.6 is 0 Å². The third kappa shape index (κ3) is 2.25. The van der Waals surface area contributed by atoms with Gasteiger partial charge in [0.05, 0.1) is 0 Å². The Hall–Kier alpha value is -1.35. The van der Waals surface area contributed by atoms with Crippen molar-refractivity contribution in [1.29, 1.82) is 0 Å². The number of aromatic amines is 1. The van der Waals surface area contributed by atoms with Gasteiger partial charge in [-0.1, -0.05) is 6.92 Å². The molecule has 0 saturated heterocycles. The van der Waals surface area contributed by atoms with Crippen molar-refractivity contribution in [3.8, 4) is 0 Å². The highest BCUT2D eigenvalue weighted by Crippen LogP contribution is 2.19. The van der Waals surface area contributed by atoms with E-state index >= 15 is 0 Å². The predicted octanol–water partition coefficient (Wildman–Crippen LogP) is 2.80. The lowest BCUT2D eigenvalue weighted by molar-refractivity contribution is 0.358. The Labute approximate surface area is 95.1 Å². The molecule has 2 aromatic rings. The summed E-state index contributed by atoms with van der Waals surface area (Å²) >= 11 is 0. The van der Waals surface area contributed by atoms with Gasteiger partial charge in [-0.3, -0.25) is 0 Å². The minimum absolute atomic E-state index is 0.188. The number of halogens is 1. The number of hydrogen-bond donors (Lipinski definition) is 1. The summed E-state index contributed by atoms with van der Waals surface area (Å²) in [6.07, 6.45) is 2.98. The third-order valence-electron chi connectivity index (χ3n) is 3.03. The van der Waals surface area contributed by atoms with Crippen LogP contribution in [0.25, 0.3) is 10.9 Å². The molecule has 0 saturated carbocycles. The molecule has 1 N–H and O–H groups in total. The highest BCUT2D eigenvalue weighted by atomic mass is 19.1. The number of H-pyrrole nitrogens is 1. The van der Waals surface area contributed by atoms with Crippen LogP contribution in [-0.4, -0.2) is 30.0 Å². The molecule has 0 aliphatic heterocycles. The van der Waals surface area contributed by atoms with Crippen molar-refractivity contribution in [2.24, 2.45) is 0 Å². The number of benzene rings is 1. The molecule has 0 radical (unpaired) electrons. The second-order valence-electron chi connectivity index (χ2n) is 4.15. The molecule has 2 rings (SSSR count). The van der Waals surface area contributed by atoms with Crippen LogP contribution in [0.1, 0.15) is 12.5 Å². The van der Waals surface area contributed by atoms with Crippen LogP contribution in [0.4, 0.5) is 4.39 Å². The van der Waals surface area contributed by atoms with Crippen molar-refractivity contribution in [3.63, 3.8) is 0 Å². The molecule has 2 nitrogen and oxygen atoms in total. The van der Waals surface area contributed by atoms with E-state index in [-0.39, 0.29) is 5.82 Å². The molecule has 1 aromatic carbocycles. The third-order valence-corrected chi connectivity index (χ3v) is 3.03. The van der Waals surface area contributed by atoms with Crippen molar-refractivity contribution in [2.75, 3.05) is 20.1 Å². The van der Waals surface area contributed by atoms with E-state index < -0.39 is 0 Å². The average molecular weight is 220 g/mol. The van der Waals surface area contributed by atoms with E-state index in [9.17, 15) is 4.39 Å². The van der Waals surface area contributed by atoms with E-state index in [1.807, 2.05) is 12.3 Å². The summed E-state index contributed by atoms with van der Waals surface area (Å²) in [7, 11) is 2.11. The van der Waals surface area contributed by atoms with Gasteiger partial charge in [0, 0.05) is 23.6 Å². The molecular formula is C13H17FN2. The van der Waals surface area contributed by atoms with Crippen LogP contribution in [0.2, 0.25) is 0 Å². The van der Waals surface area contributed by atoms with Gasteiger partial charge in [-0.05, 0) is 43.8 Å². The van der Waals surface area contributed by atoms with E-state index in [0.29, 0.717) is 0 Å². The van der Waals surface area contributed by atoms with Crippen LogP contribution in [0.5, 0.6) is 0 Å². The molecule has 0 spiro atoms. The Morgan fingerprint density at radius 3 is 2.94 bits per heavy atom. The van der Waals surface area contributed by atoms with Gasteiger partial charge in [0.1, 0.15) is 5.82 Å². The molecule has 0 unspecified atom stereocenters. The second kappa shape index (κ2) is 4.66. The summed E-state index contributed by atoms with van der Waals surface area (Å²) in [6, 6.07) is 4.91. The standard InChI is InChI=1S/C13H17FN2/c1-3-16(2)7-6-10-9-15-13-8-11(14)4-5-12(10)13/h4-5,8-9,15H,3,6-7H2,1-2H3. The Morgan fingerprint density at radius 2 is 2.19 bits per heavy atom. The first-order valence-electron chi connectivity index (χ1n) is 5.64. The topological polar surface area (TPSA) is 19.0 Å². The minimum atomic E-state index is -0.188. The second-order valence-corrected chi connectivity index (χ2v) is 4.15. The lowest BCUT2D eigenvalue weighted by Crippen LogP contribution is -2.20. The first-order chi connectivity index (χ1) is 7.70. The maximum atomic E-state index is 13.0. The number of fused-ring (bicyclic) bond motifs is 1. The first-order valence-corrected chi connectivity index (χ1v) is 5.64. The van der Waals surface area contributed by atoms with E-state index in [1.165, 1.54) is 11.6 Å². The highest BCUT2D eigenvalue weighted by molar-refractivity contribution is 5.83. The maximum Gasteiger partial charge on any atom is 0.125 e. The van der Waals surface area contributed by atoms with Gasteiger partial charge in [-0.25, -0.2) is 4.39 Å². The minimum Gasteiger partial charge on any atom is -0.361 e. The van der Waals surface area contributed by atoms with Gasteiger partial charge in [-0.2, -0.15) is 0 Å². The monoisotopic (exact) mass is 220 g/mol. The molecule has 0 atom stereocenters. The largest absolute Gasteiger partial charge is 0.361 e. The fourth-order valence-electron chi connectivity index (χ4n) is 1.83. The molecule has 0 amide bonds. The number of nitrogens with zero attached hydrogens (tertiary/aromatic N) is 1. The van der Waals surface area contributed by atoms with Crippen molar-refractivity contribution in [3.05, 3.63) is 35.8 Å². The van der Waals surface area contributed by atoms with Crippen LogP contribution in [0, 0.1) is 5.82 Å². The number of aromatic nitrogens is 1. The first kappa shape index (κ1) is 11.1. The van der Waals surface area contributed by atoms with Crippen molar-refractivity contribution in [1.82, 2.24) is 9.88 Å². The van der Waals surface area contributed by atoms with E-state index in [0.717, 1.165) is 30.4 Å². The number of hydrogen-bond acceptors (Lipinski definition) is 1. The number of rotatable bonds is 4. The van der Waals surface area contributed by atoms with Gasteiger partial charge < -0.3 is 9.88 Å². The van der Waals surface area contributed by atoms with Gasteiger partial charge in [0.15, 0.2) is 0 Å². The SMILES string of the molecule is CCN(C)CCc1c[nH]c2cc(F)ccc12. The van der Waals surface area contributed by atoms with Gasteiger partial charge in [-0.15, -0.1) is 0 Å². The van der Waals surface area contributed by atoms with Crippen molar-refractivity contribution in [2.45, 2.75) is 13.3 Å². The molecule has 16 heavy (non-hydrogen) atoms. The summed E-state index contributed by atoms with van der Waals surface area (Å²) < 4.78 is 13.0. The summed E-state index contributed by atoms with van der Waals surface area (Å²) in [6.45, 7) is 4.22. The van der Waals surface area contributed by atoms with Crippen LogP contribution < -0.4 is 0 Å². The highest BCUT2D eigenvalue weighted by Gasteiger charge is 2.05. The lowest BCUT2D eigenvalue weighted by atomic mass is 10.1. The molecule has 86 valence electrons. The number of likely N-dealkylation sites (N-methyl/N-ethyl adjacent to an activating group) is 1. The van der Waals surface area contributed by atoms with E-state index in [1.54, 1.807) is 6.07 Å². The Kier molecular flexibility index (Phi) is 3.25. The predicted molar refractivity (Wildman–Crippen MR) is 65.1 cm³/mol. The van der Waals surface area contributed by atoms with Gasteiger partial charge in [0.2, 0.25) is 0 Å². The normalized spacial score (nSPS) is 11.5. The average Bonchev–Trinajstić information content (AvgIpc) is 2.68. The van der Waals surface area contributed by atoms with E-state index in [2.05, 4.69) is 23.9 Å². The Morgan fingerprint density at radius 1 is 1.38 bits per heavy atom. The van der Waals surface area contributed by atoms with E-state index in [4.69, 9.17) is 0 Å². The van der Waals surface area contributed by atoms with Gasteiger partial charge in [0.25, 0.3) is 0 Å². The van der Waals surface area contributed by atoms with Crippen LogP contribution in [0.3, 0.4) is 0 Å². The maximum absolute atomic E-state index is 13.0. The van der Waals surface area contributed by atoms with Crippen molar-refractivity contribution >= 4 is 10.9 Å². The number of nitrogens with one attached hydrogen (secondary N) is 1. The van der Waals surface area contributed by atoms with Crippen LogP contribution in [0.15, 0.2) is 24.4 Å². The molecule has 3 heteroatoms. The molecule has 0 aliphatic rings. The molecule has 0 fully saturated rings. The fourth-order valence-corrected chi connectivity index (χ4v) is 1.83. The molecule has 1 aromatic heterocycles. The van der Waals surface area contributed by atoms with Crippen molar-refractivity contribution < 1.29 is 4.39 Å². The smallest absolute Gasteiger partial charge is 0.125 e. The summed E-state index contributed by atoms with van der Waals surface area (Å²) in [5.41, 5.74) is 2.14. The zero-order valence-corrected chi connectivity index (χ0v) is 9.76. The quantitative estimate of drug-likeness (QED) is 0.839. The van der Waals surface area contributed by atoms with Gasteiger partial charge >= 0.3 is 0 Å². The summed E-state index contributed by atoms with van der Waals surface area (Å²) in [4.78, 5) is 5.38. The Bertz CT molecular complexity index is 476. The summed E-state index contributed by atoms with van der Waals surface area (Å²) in [5, 5.41) is 1.13. The lowest BCUT2D eigenvalue weighted by Gasteiger charge is -2.12. The summed E-state index contributed by atoms with van der Waals surface area (Å²) in [5.74, 6) is -0.188. The van der Waals surface area contributed by atoms with Crippen LogP contribution in [-0.2, 0) is 6.42 Å². The molecule has 1 heterocycles. The molecule has 0 bridgehead atoms. The Balaban J connectivity index is 2.19.